The number of hydrogen-bond donors (Lipinski definition) is 3. The average Bonchev–Trinajstić information content (AvgIpc) is 2.94. The van der Waals surface area contributed by atoms with Crippen molar-refractivity contribution in [2.75, 3.05) is 18.8 Å². The molecule has 0 aliphatic rings. The van der Waals surface area contributed by atoms with Crippen molar-refractivity contribution in [3.8, 4) is 5.75 Å². The number of benzene rings is 1. The molecule has 0 spiro atoms. The summed E-state index contributed by atoms with van der Waals surface area (Å²) in [5.41, 5.74) is 0.232. The summed E-state index contributed by atoms with van der Waals surface area (Å²) in [5, 5.41) is 15.3. The molecule has 0 radical (unpaired) electrons. The number of amides is 2. The fraction of sp³-hybridized carbons (Fsp3) is 0.455. The molecular weight excluding hydrogens is 504 g/mol. The highest BCUT2D eigenvalue weighted by molar-refractivity contribution is 8.00. The third kappa shape index (κ3) is 18.0. The van der Waals surface area contributed by atoms with Crippen LogP contribution in [-0.4, -0.2) is 41.0 Å². The second-order valence-corrected chi connectivity index (χ2v) is 10.3. The normalized spacial score (nSPS) is 12.9. The Kier molecular flexibility index (Phi) is 21.0. The van der Waals surface area contributed by atoms with Gasteiger partial charge in [0.05, 0.1) is 10.8 Å². The summed E-state index contributed by atoms with van der Waals surface area (Å²) in [7, 11) is 0. The first-order valence-corrected chi connectivity index (χ1v) is 15.3. The van der Waals surface area contributed by atoms with Crippen LogP contribution in [0.1, 0.15) is 82.0 Å². The van der Waals surface area contributed by atoms with Gasteiger partial charge < -0.3 is 15.7 Å². The summed E-state index contributed by atoms with van der Waals surface area (Å²) in [6.07, 6.45) is 31.3. The molecule has 214 valence electrons. The number of phenols is 1. The van der Waals surface area contributed by atoms with Crippen LogP contribution < -0.4 is 10.6 Å². The first-order chi connectivity index (χ1) is 19.1. The molecule has 3 N–H and O–H groups in total. The molecule has 0 bridgehead atoms. The van der Waals surface area contributed by atoms with Crippen LogP contribution in [0.4, 0.5) is 0 Å². The second kappa shape index (κ2) is 24.1. The lowest BCUT2D eigenvalue weighted by atomic mass is 10.2. The molecule has 0 unspecified atom stereocenters. The zero-order chi connectivity index (χ0) is 28.4. The van der Waals surface area contributed by atoms with Crippen molar-refractivity contribution in [1.82, 2.24) is 10.6 Å². The van der Waals surface area contributed by atoms with Gasteiger partial charge in [0.1, 0.15) is 5.75 Å². The summed E-state index contributed by atoms with van der Waals surface area (Å²) >= 11 is 1.70. The zero-order valence-electron chi connectivity index (χ0n) is 23.8. The van der Waals surface area contributed by atoms with Gasteiger partial charge in [0.15, 0.2) is 0 Å². The lowest BCUT2D eigenvalue weighted by Gasteiger charge is -2.15. The van der Waals surface area contributed by atoms with Crippen molar-refractivity contribution in [1.29, 1.82) is 0 Å². The molecule has 1 aromatic rings. The quantitative estimate of drug-likeness (QED) is 0.108. The Hall–Kier alpha value is -2.99. The predicted molar refractivity (Wildman–Crippen MR) is 168 cm³/mol. The number of aromatic hydroxyl groups is 1. The zero-order valence-corrected chi connectivity index (χ0v) is 24.6. The van der Waals surface area contributed by atoms with Crippen molar-refractivity contribution in [3.63, 3.8) is 0 Å². The van der Waals surface area contributed by atoms with Gasteiger partial charge in [0, 0.05) is 13.1 Å². The van der Waals surface area contributed by atoms with Gasteiger partial charge in [-0.05, 0) is 75.7 Å². The van der Waals surface area contributed by atoms with E-state index in [9.17, 15) is 14.7 Å². The summed E-state index contributed by atoms with van der Waals surface area (Å²) in [6.45, 7) is 4.85. The maximum Gasteiger partial charge on any atom is 0.255 e. The van der Waals surface area contributed by atoms with Crippen LogP contribution >= 0.6 is 11.8 Å². The van der Waals surface area contributed by atoms with E-state index in [1.807, 2.05) is 6.92 Å². The van der Waals surface area contributed by atoms with Crippen LogP contribution in [0.25, 0.3) is 0 Å². The minimum atomic E-state index is -0.351. The van der Waals surface area contributed by atoms with Crippen molar-refractivity contribution in [2.45, 2.75) is 76.9 Å². The molecule has 0 saturated carbocycles. The van der Waals surface area contributed by atoms with Gasteiger partial charge >= 0.3 is 0 Å². The molecule has 5 nitrogen and oxygen atoms in total. The molecule has 0 aromatic heterocycles. The van der Waals surface area contributed by atoms with Crippen molar-refractivity contribution in [2.24, 2.45) is 0 Å². The molecule has 0 aliphatic heterocycles. The Labute approximate surface area is 240 Å². The summed E-state index contributed by atoms with van der Waals surface area (Å²) in [6, 6.07) is 6.40. The first kappa shape index (κ1) is 34.0. The van der Waals surface area contributed by atoms with E-state index in [4.69, 9.17) is 0 Å². The van der Waals surface area contributed by atoms with Gasteiger partial charge in [0.25, 0.3) is 5.91 Å². The van der Waals surface area contributed by atoms with Crippen LogP contribution in [0.2, 0.25) is 0 Å². The van der Waals surface area contributed by atoms with Gasteiger partial charge in [-0.25, -0.2) is 0 Å². The lowest BCUT2D eigenvalue weighted by molar-refractivity contribution is -0.120. The molecule has 39 heavy (non-hydrogen) atoms. The van der Waals surface area contributed by atoms with E-state index >= 15 is 0 Å². The third-order valence-corrected chi connectivity index (χ3v) is 7.24. The Balaban J connectivity index is 2.05. The number of thioether (sulfide) groups is 1. The van der Waals surface area contributed by atoms with Crippen molar-refractivity contribution >= 4 is 23.6 Å². The molecule has 0 heterocycles. The molecule has 6 heteroatoms. The average molecular weight is 553 g/mol. The molecular formula is C33H48N2O3S. The smallest absolute Gasteiger partial charge is 0.255 e. The fourth-order valence-corrected chi connectivity index (χ4v) is 4.70. The van der Waals surface area contributed by atoms with E-state index in [1.54, 1.807) is 30.0 Å². The van der Waals surface area contributed by atoms with Crippen LogP contribution in [0.15, 0.2) is 85.0 Å². The third-order valence-electron chi connectivity index (χ3n) is 5.76. The van der Waals surface area contributed by atoms with Crippen molar-refractivity contribution < 1.29 is 14.7 Å². The first-order valence-electron chi connectivity index (χ1n) is 14.3. The number of allylic oxidation sites excluding steroid dienone is 10. The van der Waals surface area contributed by atoms with E-state index in [0.717, 1.165) is 63.5 Å². The Bertz CT molecular complexity index is 950. The standard InChI is InChI=1S/C33H48N2O3S/c1-3-5-6-7-8-9-10-11-12-13-14-15-16-17-18-19-20-23-28-39-31(4-2)33(38)35-27-26-34-32(37)29-24-21-22-25-30(29)36/h5-6,8-9,11-12,14-15,17-18,21-22,24-25,31,36H,3-4,7,10,13,16,19-20,23,26-28H2,1-2H3,(H,34,37)(H,35,38)/b6-5-,9-8-,12-11-,15-14-,18-17-/t31-/m1/s1. The molecule has 1 atom stereocenters. The Morgan fingerprint density at radius 3 is 1.95 bits per heavy atom. The fourth-order valence-electron chi connectivity index (χ4n) is 3.57. The minimum Gasteiger partial charge on any atom is -0.507 e. The Morgan fingerprint density at radius 2 is 1.36 bits per heavy atom. The minimum absolute atomic E-state index is 0.0112. The van der Waals surface area contributed by atoms with Crippen LogP contribution in [0.5, 0.6) is 5.75 Å². The van der Waals surface area contributed by atoms with Gasteiger partial charge in [0.2, 0.25) is 5.91 Å². The number of para-hydroxylation sites is 1. The van der Waals surface area contributed by atoms with Gasteiger partial charge in [-0.2, -0.15) is 0 Å². The number of carbonyl (C=O) groups is 2. The predicted octanol–water partition coefficient (Wildman–Crippen LogP) is 7.67. The van der Waals surface area contributed by atoms with E-state index in [1.165, 1.54) is 6.07 Å². The van der Waals surface area contributed by atoms with Crippen molar-refractivity contribution in [3.05, 3.63) is 90.6 Å². The van der Waals surface area contributed by atoms with E-state index in [0.29, 0.717) is 13.1 Å². The molecule has 1 rings (SSSR count). The molecule has 0 aliphatic carbocycles. The molecule has 0 saturated heterocycles. The maximum absolute atomic E-state index is 12.5. The summed E-state index contributed by atoms with van der Waals surface area (Å²) < 4.78 is 0. The number of nitrogens with one attached hydrogen (secondary N) is 2. The highest BCUT2D eigenvalue weighted by Gasteiger charge is 2.16. The highest BCUT2D eigenvalue weighted by atomic mass is 32.2. The van der Waals surface area contributed by atoms with Gasteiger partial charge in [-0.15, -0.1) is 11.8 Å². The SMILES string of the molecule is CC/C=C\C/C=C\C/C=C\C/C=C\C/C=C\CCCCS[C@H](CC)C(=O)NCCNC(=O)c1ccccc1O. The van der Waals surface area contributed by atoms with Gasteiger partial charge in [-0.1, -0.05) is 86.7 Å². The topological polar surface area (TPSA) is 78.4 Å². The second-order valence-electron chi connectivity index (χ2n) is 9.04. The molecule has 2 amide bonds. The van der Waals surface area contributed by atoms with Gasteiger partial charge in [-0.3, -0.25) is 9.59 Å². The molecule has 1 aromatic carbocycles. The van der Waals surface area contributed by atoms with Crippen LogP contribution in [0, 0.1) is 0 Å². The van der Waals surface area contributed by atoms with E-state index in [-0.39, 0.29) is 28.4 Å². The largest absolute Gasteiger partial charge is 0.507 e. The molecule has 0 fully saturated rings. The van der Waals surface area contributed by atoms with E-state index < -0.39 is 0 Å². The summed E-state index contributed by atoms with van der Waals surface area (Å²) in [4.78, 5) is 24.6. The summed E-state index contributed by atoms with van der Waals surface area (Å²) in [5.74, 6) is 0.567. The number of phenolic OH excluding ortho intramolecular Hbond substituents is 1. The van der Waals surface area contributed by atoms with Crippen LogP contribution in [0.3, 0.4) is 0 Å². The Morgan fingerprint density at radius 1 is 0.795 bits per heavy atom. The maximum atomic E-state index is 12.5. The highest BCUT2D eigenvalue weighted by Crippen LogP contribution is 2.17. The van der Waals surface area contributed by atoms with Crippen LogP contribution in [-0.2, 0) is 4.79 Å². The number of rotatable bonds is 21. The number of unbranched alkanes of at least 4 members (excludes halogenated alkanes) is 2. The number of hydrogen-bond acceptors (Lipinski definition) is 4. The number of carbonyl (C=O) groups excluding carboxylic acids is 2. The monoisotopic (exact) mass is 552 g/mol. The van der Waals surface area contributed by atoms with E-state index in [2.05, 4.69) is 78.3 Å². The lowest BCUT2D eigenvalue weighted by Crippen LogP contribution is -2.38.